The predicted octanol–water partition coefficient (Wildman–Crippen LogP) is 3.34. The Kier molecular flexibility index (Phi) is 3.26. The number of hydrogen-bond acceptors (Lipinski definition) is 3. The maximum absolute atomic E-state index is 11.8. The minimum absolute atomic E-state index is 0.258. The van der Waals surface area contributed by atoms with E-state index in [1.165, 1.54) is 12.5 Å². The van der Waals surface area contributed by atoms with Crippen LogP contribution in [0.25, 0.3) is 0 Å². The van der Waals surface area contributed by atoms with Crippen molar-refractivity contribution in [1.29, 1.82) is 0 Å². The molecule has 0 saturated carbocycles. The van der Waals surface area contributed by atoms with Crippen LogP contribution in [-0.4, -0.2) is 11.1 Å². The van der Waals surface area contributed by atoms with Gasteiger partial charge in [-0.1, -0.05) is 16.8 Å². The number of halogens is 2. The lowest BCUT2D eigenvalue weighted by Gasteiger charge is -2.04. The van der Waals surface area contributed by atoms with Gasteiger partial charge in [0.2, 0.25) is 0 Å². The van der Waals surface area contributed by atoms with E-state index in [1.54, 1.807) is 18.2 Å². The summed E-state index contributed by atoms with van der Waals surface area (Å²) in [4.78, 5) is 11.8. The van der Waals surface area contributed by atoms with E-state index in [0.717, 1.165) is 0 Å². The zero-order chi connectivity index (χ0) is 11.5. The van der Waals surface area contributed by atoms with Crippen LogP contribution in [0.5, 0.6) is 0 Å². The fourth-order valence-corrected chi connectivity index (χ4v) is 2.00. The summed E-state index contributed by atoms with van der Waals surface area (Å²) in [6, 6.07) is 4.94. The van der Waals surface area contributed by atoms with Crippen LogP contribution >= 0.6 is 27.5 Å². The second-order valence-corrected chi connectivity index (χ2v) is 4.28. The number of carbonyl (C=O) groups is 1. The number of benzene rings is 1. The molecule has 1 aromatic carbocycles. The highest BCUT2D eigenvalue weighted by Gasteiger charge is 2.11. The van der Waals surface area contributed by atoms with Crippen LogP contribution in [0.15, 0.2) is 39.7 Å². The van der Waals surface area contributed by atoms with E-state index in [-0.39, 0.29) is 5.91 Å². The van der Waals surface area contributed by atoms with Gasteiger partial charge in [-0.25, -0.2) is 0 Å². The van der Waals surface area contributed by atoms with Crippen LogP contribution in [0.4, 0.5) is 5.69 Å². The van der Waals surface area contributed by atoms with Gasteiger partial charge in [0.15, 0.2) is 0 Å². The van der Waals surface area contributed by atoms with Gasteiger partial charge in [0, 0.05) is 9.50 Å². The normalized spacial score (nSPS) is 10.1. The van der Waals surface area contributed by atoms with Crippen molar-refractivity contribution >= 4 is 39.1 Å². The molecule has 4 nitrogen and oxygen atoms in total. The van der Waals surface area contributed by atoms with Crippen molar-refractivity contribution in [3.8, 4) is 0 Å². The van der Waals surface area contributed by atoms with Crippen LogP contribution in [-0.2, 0) is 0 Å². The van der Waals surface area contributed by atoms with E-state index in [2.05, 4.69) is 30.9 Å². The molecule has 0 saturated heterocycles. The van der Waals surface area contributed by atoms with E-state index in [1.807, 2.05) is 0 Å². The minimum Gasteiger partial charge on any atom is -0.363 e. The molecule has 1 N–H and O–H groups in total. The topological polar surface area (TPSA) is 55.1 Å². The lowest BCUT2D eigenvalue weighted by molar-refractivity contribution is 0.102. The van der Waals surface area contributed by atoms with Gasteiger partial charge in [-0.3, -0.25) is 4.79 Å². The number of rotatable bonds is 2. The monoisotopic (exact) mass is 300 g/mol. The first-order valence-corrected chi connectivity index (χ1v) is 5.49. The molecule has 0 unspecified atom stereocenters. The summed E-state index contributed by atoms with van der Waals surface area (Å²) in [6.07, 6.45) is 2.77. The molecule has 16 heavy (non-hydrogen) atoms. The number of nitrogens with zero attached hydrogens (tertiary/aromatic N) is 1. The lowest BCUT2D eigenvalue weighted by atomic mass is 10.2. The Hall–Kier alpha value is -1.33. The molecule has 0 atom stereocenters. The Morgan fingerprint density at radius 1 is 1.50 bits per heavy atom. The smallest absolute Gasteiger partial charge is 0.256 e. The molecule has 2 rings (SSSR count). The second kappa shape index (κ2) is 4.67. The van der Waals surface area contributed by atoms with Crippen molar-refractivity contribution in [2.45, 2.75) is 0 Å². The van der Waals surface area contributed by atoms with Crippen molar-refractivity contribution in [1.82, 2.24) is 5.16 Å². The van der Waals surface area contributed by atoms with Crippen LogP contribution in [0.3, 0.4) is 0 Å². The average Bonchev–Trinajstić information content (AvgIpc) is 2.70. The summed E-state index contributed by atoms with van der Waals surface area (Å²) in [5.74, 6) is -0.258. The molecule has 6 heteroatoms. The largest absolute Gasteiger partial charge is 0.363 e. The average molecular weight is 302 g/mol. The number of anilines is 1. The number of aromatic nitrogens is 1. The highest BCUT2D eigenvalue weighted by molar-refractivity contribution is 9.10. The van der Waals surface area contributed by atoms with Crippen molar-refractivity contribution in [2.24, 2.45) is 0 Å². The van der Waals surface area contributed by atoms with E-state index >= 15 is 0 Å². The molecular formula is C10H6BrClN2O2. The van der Waals surface area contributed by atoms with Crippen LogP contribution in [0, 0.1) is 0 Å². The molecule has 82 valence electrons. The molecule has 0 spiro atoms. The van der Waals surface area contributed by atoms with Crippen molar-refractivity contribution in [2.75, 3.05) is 5.32 Å². The van der Waals surface area contributed by atoms with Gasteiger partial charge in [-0.05, 0) is 34.1 Å². The number of carbonyl (C=O) groups excluding carboxylic acids is 1. The Labute approximate surface area is 105 Å². The Morgan fingerprint density at radius 2 is 2.31 bits per heavy atom. The van der Waals surface area contributed by atoms with Gasteiger partial charge < -0.3 is 9.84 Å². The third-order valence-corrected chi connectivity index (χ3v) is 2.76. The standard InChI is InChI=1S/C10H6BrClN2O2/c11-9-3-6(12)1-2-8(9)10(15)14-7-4-13-16-5-7/h1-5H,(H,14,15). The summed E-state index contributed by atoms with van der Waals surface area (Å²) in [6.45, 7) is 0. The highest BCUT2D eigenvalue weighted by atomic mass is 79.9. The number of amides is 1. The van der Waals surface area contributed by atoms with Crippen LogP contribution < -0.4 is 5.32 Å². The van der Waals surface area contributed by atoms with Crippen molar-refractivity contribution < 1.29 is 9.32 Å². The molecular weight excluding hydrogens is 295 g/mol. The first-order valence-electron chi connectivity index (χ1n) is 4.32. The van der Waals surface area contributed by atoms with Crippen LogP contribution in [0.1, 0.15) is 10.4 Å². The molecule has 0 aliphatic rings. The summed E-state index contributed by atoms with van der Waals surface area (Å²) in [5, 5.41) is 6.68. The summed E-state index contributed by atoms with van der Waals surface area (Å²) >= 11 is 9.05. The first-order chi connectivity index (χ1) is 7.66. The Morgan fingerprint density at radius 3 is 2.94 bits per heavy atom. The molecule has 1 amide bonds. The van der Waals surface area contributed by atoms with E-state index in [4.69, 9.17) is 11.6 Å². The quantitative estimate of drug-likeness (QED) is 0.925. The number of hydrogen-bond donors (Lipinski definition) is 1. The molecule has 0 fully saturated rings. The van der Waals surface area contributed by atoms with Gasteiger partial charge in [0.1, 0.15) is 12.0 Å². The van der Waals surface area contributed by atoms with Crippen molar-refractivity contribution in [3.63, 3.8) is 0 Å². The number of nitrogens with one attached hydrogen (secondary N) is 1. The van der Waals surface area contributed by atoms with Gasteiger partial charge in [-0.15, -0.1) is 0 Å². The maximum atomic E-state index is 11.8. The summed E-state index contributed by atoms with van der Waals surface area (Å²) < 4.78 is 5.24. The van der Waals surface area contributed by atoms with Gasteiger partial charge in [0.05, 0.1) is 11.8 Å². The first kappa shape index (κ1) is 11.2. The molecule has 0 aliphatic heterocycles. The minimum atomic E-state index is -0.258. The van der Waals surface area contributed by atoms with Gasteiger partial charge >= 0.3 is 0 Å². The predicted molar refractivity (Wildman–Crippen MR) is 63.6 cm³/mol. The maximum Gasteiger partial charge on any atom is 0.256 e. The van der Waals surface area contributed by atoms with Gasteiger partial charge in [-0.2, -0.15) is 0 Å². The third kappa shape index (κ3) is 2.43. The van der Waals surface area contributed by atoms with Crippen molar-refractivity contribution in [3.05, 3.63) is 45.7 Å². The van der Waals surface area contributed by atoms with Crippen LogP contribution in [0.2, 0.25) is 5.02 Å². The summed E-state index contributed by atoms with van der Waals surface area (Å²) in [5.41, 5.74) is 0.998. The fourth-order valence-electron chi connectivity index (χ4n) is 1.14. The fraction of sp³-hybridized carbons (Fsp3) is 0. The third-order valence-electron chi connectivity index (χ3n) is 1.87. The van der Waals surface area contributed by atoms with E-state index < -0.39 is 0 Å². The van der Waals surface area contributed by atoms with E-state index in [0.29, 0.717) is 20.7 Å². The van der Waals surface area contributed by atoms with E-state index in [9.17, 15) is 4.79 Å². The molecule has 0 bridgehead atoms. The molecule has 0 radical (unpaired) electrons. The van der Waals surface area contributed by atoms with Gasteiger partial charge in [0.25, 0.3) is 5.91 Å². The molecule has 0 aliphatic carbocycles. The molecule has 1 heterocycles. The Balaban J connectivity index is 2.21. The second-order valence-electron chi connectivity index (χ2n) is 2.99. The molecule has 2 aromatic rings. The summed E-state index contributed by atoms with van der Waals surface area (Å²) in [7, 11) is 0. The zero-order valence-electron chi connectivity index (χ0n) is 7.91. The Bertz CT molecular complexity index is 514. The molecule has 1 aromatic heterocycles. The zero-order valence-corrected chi connectivity index (χ0v) is 10.2. The SMILES string of the molecule is O=C(Nc1cnoc1)c1ccc(Cl)cc1Br. The lowest BCUT2D eigenvalue weighted by Crippen LogP contribution is -2.11. The highest BCUT2D eigenvalue weighted by Crippen LogP contribution is 2.22.